The summed E-state index contributed by atoms with van der Waals surface area (Å²) in [7, 11) is 3.02. The average molecular weight is 267 g/mol. The maximum atomic E-state index is 11.7. The Kier molecular flexibility index (Phi) is 4.30. The first-order chi connectivity index (χ1) is 9.74. The lowest BCUT2D eigenvalue weighted by atomic mass is 10.1. The lowest BCUT2D eigenvalue weighted by Crippen LogP contribution is -2.07. The van der Waals surface area contributed by atoms with Gasteiger partial charge in [-0.25, -0.2) is 9.78 Å². The number of pyridine rings is 2. The molecule has 2 aromatic rings. The topological polar surface area (TPSA) is 64.1 Å². The number of nitrogens with zero attached hydrogens (tertiary/aromatic N) is 2. The molecule has 0 aliphatic heterocycles. The van der Waals surface area contributed by atoms with Crippen molar-refractivity contribution >= 4 is 11.8 Å². The monoisotopic (exact) mass is 267 g/mol. The van der Waals surface area contributed by atoms with E-state index in [0.717, 1.165) is 5.56 Å². The molecule has 100 valence electrons. The number of rotatable bonds is 2. The van der Waals surface area contributed by atoms with Crippen molar-refractivity contribution in [3.63, 3.8) is 0 Å². The highest BCUT2D eigenvalue weighted by Gasteiger charge is 2.12. The SMILES string of the molecule is CNc1ncc(C#Cc2cccnc2)cc1C(=O)OC. The van der Waals surface area contributed by atoms with E-state index in [0.29, 0.717) is 16.9 Å². The Morgan fingerprint density at radius 1 is 1.30 bits per heavy atom. The van der Waals surface area contributed by atoms with Crippen molar-refractivity contribution in [3.05, 3.63) is 53.5 Å². The molecular formula is C15H13N3O2. The summed E-state index contributed by atoms with van der Waals surface area (Å²) >= 11 is 0. The molecule has 0 aliphatic carbocycles. The number of aromatic nitrogens is 2. The first kappa shape index (κ1) is 13.6. The van der Waals surface area contributed by atoms with Gasteiger partial charge in [0.2, 0.25) is 0 Å². The third kappa shape index (κ3) is 3.12. The van der Waals surface area contributed by atoms with Crippen molar-refractivity contribution in [3.8, 4) is 11.8 Å². The third-order valence-electron chi connectivity index (χ3n) is 2.54. The van der Waals surface area contributed by atoms with Crippen molar-refractivity contribution in [2.24, 2.45) is 0 Å². The molecule has 0 aromatic carbocycles. The summed E-state index contributed by atoms with van der Waals surface area (Å²) < 4.78 is 4.72. The van der Waals surface area contributed by atoms with Crippen LogP contribution in [0.2, 0.25) is 0 Å². The molecule has 0 fully saturated rings. The van der Waals surface area contributed by atoms with Crippen LogP contribution in [0.5, 0.6) is 0 Å². The lowest BCUT2D eigenvalue weighted by Gasteiger charge is -2.06. The van der Waals surface area contributed by atoms with Gasteiger partial charge in [0.25, 0.3) is 0 Å². The van der Waals surface area contributed by atoms with Crippen LogP contribution in [-0.4, -0.2) is 30.1 Å². The predicted octanol–water partition coefficient (Wildman–Crippen LogP) is 1.70. The Bertz CT molecular complexity index is 673. The second-order valence-corrected chi connectivity index (χ2v) is 3.85. The highest BCUT2D eigenvalue weighted by Crippen LogP contribution is 2.14. The van der Waals surface area contributed by atoms with Gasteiger partial charge in [0.1, 0.15) is 11.4 Å². The molecule has 0 spiro atoms. The molecule has 0 amide bonds. The number of carbonyl (C=O) groups excluding carboxylic acids is 1. The van der Waals surface area contributed by atoms with Crippen LogP contribution in [-0.2, 0) is 4.74 Å². The molecule has 0 saturated heterocycles. The minimum absolute atomic E-state index is 0.355. The summed E-state index contributed by atoms with van der Waals surface area (Å²) in [5.41, 5.74) is 1.78. The lowest BCUT2D eigenvalue weighted by molar-refractivity contribution is 0.0601. The Morgan fingerprint density at radius 2 is 2.10 bits per heavy atom. The molecule has 0 unspecified atom stereocenters. The number of esters is 1. The fraction of sp³-hybridized carbons (Fsp3) is 0.133. The van der Waals surface area contributed by atoms with E-state index >= 15 is 0 Å². The molecule has 2 aromatic heterocycles. The molecule has 0 atom stereocenters. The molecule has 5 heteroatoms. The zero-order valence-electron chi connectivity index (χ0n) is 11.2. The van der Waals surface area contributed by atoms with Gasteiger partial charge in [0, 0.05) is 36.8 Å². The molecule has 0 aliphatic rings. The Labute approximate surface area is 117 Å². The second-order valence-electron chi connectivity index (χ2n) is 3.85. The fourth-order valence-electron chi connectivity index (χ4n) is 1.58. The Balaban J connectivity index is 2.35. The van der Waals surface area contributed by atoms with Gasteiger partial charge in [-0.1, -0.05) is 11.8 Å². The minimum atomic E-state index is -0.452. The molecule has 20 heavy (non-hydrogen) atoms. The van der Waals surface area contributed by atoms with Crippen LogP contribution in [0, 0.1) is 11.8 Å². The number of nitrogens with one attached hydrogen (secondary N) is 1. The largest absolute Gasteiger partial charge is 0.465 e. The van der Waals surface area contributed by atoms with Crippen molar-refractivity contribution in [1.82, 2.24) is 9.97 Å². The fourth-order valence-corrected chi connectivity index (χ4v) is 1.58. The number of anilines is 1. The Hall–Kier alpha value is -2.87. The van der Waals surface area contributed by atoms with Gasteiger partial charge >= 0.3 is 5.97 Å². The van der Waals surface area contributed by atoms with E-state index in [1.807, 2.05) is 12.1 Å². The van der Waals surface area contributed by atoms with Crippen LogP contribution in [0.15, 0.2) is 36.8 Å². The summed E-state index contributed by atoms with van der Waals surface area (Å²) in [5.74, 6) is 5.91. The van der Waals surface area contributed by atoms with Crippen molar-refractivity contribution in [1.29, 1.82) is 0 Å². The molecule has 0 bridgehead atoms. The summed E-state index contributed by atoms with van der Waals surface area (Å²) in [6, 6.07) is 5.32. The quantitative estimate of drug-likeness (QED) is 0.663. The molecule has 0 saturated carbocycles. The van der Waals surface area contributed by atoms with E-state index in [4.69, 9.17) is 4.74 Å². The molecule has 2 heterocycles. The van der Waals surface area contributed by atoms with Gasteiger partial charge < -0.3 is 10.1 Å². The van der Waals surface area contributed by atoms with Gasteiger partial charge in [0.05, 0.1) is 7.11 Å². The predicted molar refractivity (Wildman–Crippen MR) is 75.3 cm³/mol. The van der Waals surface area contributed by atoms with E-state index in [2.05, 4.69) is 27.1 Å². The standard InChI is InChI=1S/C15H13N3O2/c1-16-14-13(15(19)20-2)8-12(10-18-14)6-5-11-4-3-7-17-9-11/h3-4,7-10H,1-2H3,(H,16,18). The van der Waals surface area contributed by atoms with Crippen LogP contribution in [0.3, 0.4) is 0 Å². The van der Waals surface area contributed by atoms with Gasteiger partial charge in [0.15, 0.2) is 0 Å². The number of carbonyl (C=O) groups is 1. The number of ether oxygens (including phenoxy) is 1. The maximum Gasteiger partial charge on any atom is 0.341 e. The first-order valence-electron chi connectivity index (χ1n) is 5.92. The Morgan fingerprint density at radius 3 is 2.75 bits per heavy atom. The number of hydrogen-bond donors (Lipinski definition) is 1. The number of methoxy groups -OCH3 is 1. The summed E-state index contributed by atoms with van der Waals surface area (Å²) in [4.78, 5) is 19.8. The van der Waals surface area contributed by atoms with Crippen molar-refractivity contribution in [2.75, 3.05) is 19.5 Å². The first-order valence-corrected chi connectivity index (χ1v) is 5.92. The van der Waals surface area contributed by atoms with E-state index in [-0.39, 0.29) is 0 Å². The third-order valence-corrected chi connectivity index (χ3v) is 2.54. The van der Waals surface area contributed by atoms with E-state index < -0.39 is 5.97 Å². The second kappa shape index (κ2) is 6.34. The van der Waals surface area contributed by atoms with Gasteiger partial charge in [-0.2, -0.15) is 0 Å². The maximum absolute atomic E-state index is 11.7. The molecular weight excluding hydrogens is 254 g/mol. The van der Waals surface area contributed by atoms with Crippen molar-refractivity contribution < 1.29 is 9.53 Å². The van der Waals surface area contributed by atoms with Gasteiger partial charge in [-0.15, -0.1) is 0 Å². The van der Waals surface area contributed by atoms with Gasteiger partial charge in [-0.3, -0.25) is 4.98 Å². The minimum Gasteiger partial charge on any atom is -0.465 e. The van der Waals surface area contributed by atoms with Crippen LogP contribution < -0.4 is 5.32 Å². The highest BCUT2D eigenvalue weighted by atomic mass is 16.5. The summed E-state index contributed by atoms with van der Waals surface area (Å²) in [6.45, 7) is 0. The number of hydrogen-bond acceptors (Lipinski definition) is 5. The molecule has 2 rings (SSSR count). The van der Waals surface area contributed by atoms with Crippen LogP contribution in [0.1, 0.15) is 21.5 Å². The molecule has 5 nitrogen and oxygen atoms in total. The van der Waals surface area contributed by atoms with Crippen LogP contribution >= 0.6 is 0 Å². The summed E-state index contributed by atoms with van der Waals surface area (Å²) in [6.07, 6.45) is 4.95. The normalized spacial score (nSPS) is 9.30. The molecule has 0 radical (unpaired) electrons. The van der Waals surface area contributed by atoms with E-state index in [9.17, 15) is 4.79 Å². The van der Waals surface area contributed by atoms with E-state index in [1.54, 1.807) is 31.7 Å². The van der Waals surface area contributed by atoms with Gasteiger partial charge in [-0.05, 0) is 18.2 Å². The zero-order chi connectivity index (χ0) is 14.4. The summed E-state index contributed by atoms with van der Waals surface area (Å²) in [5, 5.41) is 2.84. The van der Waals surface area contributed by atoms with Crippen LogP contribution in [0.4, 0.5) is 5.82 Å². The smallest absolute Gasteiger partial charge is 0.341 e. The highest BCUT2D eigenvalue weighted by molar-refractivity contribution is 5.94. The van der Waals surface area contributed by atoms with E-state index in [1.165, 1.54) is 7.11 Å². The van der Waals surface area contributed by atoms with Crippen LogP contribution in [0.25, 0.3) is 0 Å². The molecule has 1 N–H and O–H groups in total. The average Bonchev–Trinajstić information content (AvgIpc) is 2.52. The van der Waals surface area contributed by atoms with Crippen molar-refractivity contribution in [2.45, 2.75) is 0 Å². The zero-order valence-corrected chi connectivity index (χ0v) is 11.2.